The van der Waals surface area contributed by atoms with Crippen molar-refractivity contribution in [2.75, 3.05) is 0 Å². The first-order chi connectivity index (χ1) is 11.2. The molecular weight excluding hydrogens is 297 g/mol. The van der Waals surface area contributed by atoms with Gasteiger partial charge in [-0.05, 0) is 30.7 Å². The molecule has 0 aliphatic heterocycles. The van der Waals surface area contributed by atoms with Crippen molar-refractivity contribution in [3.05, 3.63) is 59.1 Å². The third-order valence-corrected chi connectivity index (χ3v) is 3.78. The van der Waals surface area contributed by atoms with Crippen LogP contribution in [0.2, 0.25) is 0 Å². The van der Waals surface area contributed by atoms with E-state index in [0.717, 1.165) is 16.6 Å². The molecule has 6 nitrogen and oxygen atoms in total. The van der Waals surface area contributed by atoms with Crippen LogP contribution in [-0.2, 0) is 0 Å². The van der Waals surface area contributed by atoms with E-state index in [1.807, 2.05) is 0 Å². The third kappa shape index (κ3) is 2.46. The van der Waals surface area contributed by atoms with Crippen molar-refractivity contribution in [2.24, 2.45) is 0 Å². The first-order valence-corrected chi connectivity index (χ1v) is 7.16. The maximum absolute atomic E-state index is 13.1. The average Bonchev–Trinajstić information content (AvgIpc) is 3.04. The number of rotatable bonds is 2. The molecule has 0 amide bonds. The van der Waals surface area contributed by atoms with Crippen molar-refractivity contribution >= 4 is 16.6 Å². The van der Waals surface area contributed by atoms with Gasteiger partial charge in [0.05, 0.1) is 17.3 Å². The van der Waals surface area contributed by atoms with Gasteiger partial charge in [0.1, 0.15) is 11.5 Å². The normalized spacial score (nSPS) is 14.7. The van der Waals surface area contributed by atoms with Gasteiger partial charge in [0.15, 0.2) is 0 Å². The molecule has 3 aromatic rings. The van der Waals surface area contributed by atoms with Crippen molar-refractivity contribution in [1.82, 2.24) is 25.0 Å². The summed E-state index contributed by atoms with van der Waals surface area (Å²) < 4.78 is 14.6. The molecule has 114 valence electrons. The maximum atomic E-state index is 13.1. The number of aromatic amines is 1. The van der Waals surface area contributed by atoms with Gasteiger partial charge in [0.25, 0.3) is 5.56 Å². The van der Waals surface area contributed by atoms with Crippen molar-refractivity contribution < 1.29 is 4.39 Å². The number of allylic oxidation sites excluding steroid dienone is 4. The van der Waals surface area contributed by atoms with Crippen molar-refractivity contribution in [3.63, 3.8) is 0 Å². The fourth-order valence-electron chi connectivity index (χ4n) is 2.56. The fraction of sp³-hybridized carbons (Fsp3) is 0.125. The number of hydrogen-bond donors (Lipinski definition) is 1. The van der Waals surface area contributed by atoms with Crippen molar-refractivity contribution in [1.29, 1.82) is 0 Å². The molecule has 0 aromatic carbocycles. The summed E-state index contributed by atoms with van der Waals surface area (Å²) in [7, 11) is 0. The summed E-state index contributed by atoms with van der Waals surface area (Å²) in [6, 6.07) is 3.48. The van der Waals surface area contributed by atoms with E-state index < -0.39 is 0 Å². The van der Waals surface area contributed by atoms with E-state index in [2.05, 4.69) is 20.3 Å². The molecule has 3 aromatic heterocycles. The van der Waals surface area contributed by atoms with Crippen molar-refractivity contribution in [2.45, 2.75) is 12.8 Å². The lowest BCUT2D eigenvalue weighted by Crippen LogP contribution is -2.08. The van der Waals surface area contributed by atoms with Gasteiger partial charge in [-0.3, -0.25) is 9.78 Å². The predicted octanol–water partition coefficient (Wildman–Crippen LogP) is 2.67. The highest BCUT2D eigenvalue weighted by Crippen LogP contribution is 2.23. The zero-order chi connectivity index (χ0) is 15.8. The number of aromatic nitrogens is 5. The highest BCUT2D eigenvalue weighted by atomic mass is 19.1. The molecule has 23 heavy (non-hydrogen) atoms. The third-order valence-electron chi connectivity index (χ3n) is 3.78. The minimum Gasteiger partial charge on any atom is -0.321 e. The van der Waals surface area contributed by atoms with Crippen LogP contribution < -0.4 is 5.56 Å². The van der Waals surface area contributed by atoms with Crippen LogP contribution in [0.5, 0.6) is 0 Å². The number of hydrogen-bond acceptors (Lipinski definition) is 4. The second kappa shape index (κ2) is 5.28. The van der Waals surface area contributed by atoms with E-state index in [1.165, 1.54) is 6.08 Å². The molecule has 0 fully saturated rings. The number of H-pyrrole nitrogens is 1. The summed E-state index contributed by atoms with van der Waals surface area (Å²) in [5.74, 6) is -0.146. The molecule has 0 unspecified atom stereocenters. The number of nitrogens with one attached hydrogen (secondary N) is 1. The summed E-state index contributed by atoms with van der Waals surface area (Å²) in [4.78, 5) is 19.1. The van der Waals surface area contributed by atoms with E-state index in [9.17, 15) is 9.18 Å². The Balaban J connectivity index is 1.77. The van der Waals surface area contributed by atoms with Gasteiger partial charge in [0.2, 0.25) is 0 Å². The Bertz CT molecular complexity index is 1010. The SMILES string of the molecule is O=c1[nH]c2ccncc2cc1-c1cn(C2=CC=C(F)CC2)nn1. The Kier molecular flexibility index (Phi) is 3.11. The molecule has 0 atom stereocenters. The summed E-state index contributed by atoms with van der Waals surface area (Å²) in [5.41, 5.74) is 2.21. The lowest BCUT2D eigenvalue weighted by molar-refractivity contribution is 0.583. The summed E-state index contributed by atoms with van der Waals surface area (Å²) in [6.07, 6.45) is 8.97. The first-order valence-electron chi connectivity index (χ1n) is 7.16. The summed E-state index contributed by atoms with van der Waals surface area (Å²) in [5, 5.41) is 8.92. The van der Waals surface area contributed by atoms with Gasteiger partial charge >= 0.3 is 0 Å². The molecule has 4 rings (SSSR count). The van der Waals surface area contributed by atoms with Crippen LogP contribution >= 0.6 is 0 Å². The zero-order valence-corrected chi connectivity index (χ0v) is 12.0. The summed E-state index contributed by atoms with van der Waals surface area (Å²) in [6.45, 7) is 0. The minimum absolute atomic E-state index is 0.146. The van der Waals surface area contributed by atoms with E-state index >= 15 is 0 Å². The zero-order valence-electron chi connectivity index (χ0n) is 12.0. The average molecular weight is 309 g/mol. The summed E-state index contributed by atoms with van der Waals surface area (Å²) >= 11 is 0. The van der Waals surface area contributed by atoms with Crippen LogP contribution in [0.25, 0.3) is 27.9 Å². The molecule has 1 aliphatic carbocycles. The van der Waals surface area contributed by atoms with Crippen LogP contribution in [0.15, 0.2) is 53.5 Å². The van der Waals surface area contributed by atoms with Gasteiger partial charge in [-0.2, -0.15) is 0 Å². The quantitative estimate of drug-likeness (QED) is 0.789. The number of fused-ring (bicyclic) bond motifs is 1. The second-order valence-electron chi connectivity index (χ2n) is 5.29. The minimum atomic E-state index is -0.237. The Morgan fingerprint density at radius 3 is 3.00 bits per heavy atom. The topological polar surface area (TPSA) is 76.5 Å². The lowest BCUT2D eigenvalue weighted by atomic mass is 10.1. The highest BCUT2D eigenvalue weighted by Gasteiger charge is 2.13. The molecule has 7 heteroatoms. The number of nitrogens with zero attached hydrogens (tertiary/aromatic N) is 4. The fourth-order valence-corrected chi connectivity index (χ4v) is 2.56. The van der Waals surface area contributed by atoms with E-state index in [-0.39, 0.29) is 11.4 Å². The standard InChI is InChI=1S/C16H12FN5O/c17-11-1-3-12(4-2-11)22-9-15(20-21-22)13-7-10-8-18-6-5-14(10)19-16(13)23/h1,3,5-9H,2,4H2,(H,19,23). The monoisotopic (exact) mass is 309 g/mol. The van der Waals surface area contributed by atoms with E-state index in [4.69, 9.17) is 0 Å². The number of pyridine rings is 2. The molecule has 1 N–H and O–H groups in total. The van der Waals surface area contributed by atoms with Gasteiger partial charge in [-0.15, -0.1) is 5.10 Å². The molecule has 0 saturated carbocycles. The van der Waals surface area contributed by atoms with E-state index in [0.29, 0.717) is 24.1 Å². The molecule has 0 radical (unpaired) electrons. The Hall–Kier alpha value is -3.09. The lowest BCUT2D eigenvalue weighted by Gasteiger charge is -2.08. The van der Waals surface area contributed by atoms with Crippen molar-refractivity contribution in [3.8, 4) is 11.3 Å². The van der Waals surface area contributed by atoms with Gasteiger partial charge in [-0.25, -0.2) is 9.07 Å². The van der Waals surface area contributed by atoms with Crippen LogP contribution in [0.3, 0.4) is 0 Å². The largest absolute Gasteiger partial charge is 0.321 e. The maximum Gasteiger partial charge on any atom is 0.258 e. The molecule has 1 aliphatic rings. The Morgan fingerprint density at radius 2 is 2.17 bits per heavy atom. The number of halogens is 1. The van der Waals surface area contributed by atoms with Crippen LogP contribution in [0, 0.1) is 0 Å². The predicted molar refractivity (Wildman–Crippen MR) is 84.1 cm³/mol. The second-order valence-corrected chi connectivity index (χ2v) is 5.29. The molecule has 3 heterocycles. The molecule has 0 saturated heterocycles. The van der Waals surface area contributed by atoms with Gasteiger partial charge in [0, 0.05) is 29.9 Å². The Labute approximate surface area is 130 Å². The molecule has 0 bridgehead atoms. The highest BCUT2D eigenvalue weighted by molar-refractivity contribution is 5.81. The van der Waals surface area contributed by atoms with E-state index in [1.54, 1.807) is 41.5 Å². The Morgan fingerprint density at radius 1 is 1.26 bits per heavy atom. The molecule has 0 spiro atoms. The first kappa shape index (κ1) is 13.6. The van der Waals surface area contributed by atoms with Crippen LogP contribution in [0.4, 0.5) is 4.39 Å². The van der Waals surface area contributed by atoms with Crippen LogP contribution in [-0.4, -0.2) is 25.0 Å². The van der Waals surface area contributed by atoms with Gasteiger partial charge in [-0.1, -0.05) is 5.21 Å². The van der Waals surface area contributed by atoms with Crippen LogP contribution in [0.1, 0.15) is 12.8 Å². The molecular formula is C16H12FN5O. The van der Waals surface area contributed by atoms with Gasteiger partial charge < -0.3 is 4.98 Å². The smallest absolute Gasteiger partial charge is 0.258 e.